The first-order chi connectivity index (χ1) is 8.63. The van der Waals surface area contributed by atoms with Crippen LogP contribution in [0.5, 0.6) is 0 Å². The standard InChI is InChI=1S/C14H21BrN2O/c1-10(2)17-6-7-18-13(9-16)14(17)11-4-3-5-12(15)8-11/h3-5,8,10,13-14H,6-7,9,16H2,1-2H3. The molecule has 2 rings (SSSR count). The molecule has 1 aliphatic rings. The highest BCUT2D eigenvalue weighted by atomic mass is 79.9. The third kappa shape index (κ3) is 2.94. The van der Waals surface area contributed by atoms with E-state index in [1.807, 2.05) is 6.07 Å². The Balaban J connectivity index is 2.33. The van der Waals surface area contributed by atoms with Gasteiger partial charge in [0.1, 0.15) is 0 Å². The van der Waals surface area contributed by atoms with Gasteiger partial charge in [-0.1, -0.05) is 28.1 Å². The van der Waals surface area contributed by atoms with Gasteiger partial charge < -0.3 is 10.5 Å². The van der Waals surface area contributed by atoms with Gasteiger partial charge >= 0.3 is 0 Å². The quantitative estimate of drug-likeness (QED) is 0.932. The summed E-state index contributed by atoms with van der Waals surface area (Å²) in [5, 5.41) is 0. The second-order valence-corrected chi connectivity index (χ2v) is 5.89. The van der Waals surface area contributed by atoms with Crippen molar-refractivity contribution in [2.75, 3.05) is 19.7 Å². The zero-order chi connectivity index (χ0) is 13.1. The minimum atomic E-state index is 0.0791. The molecule has 2 atom stereocenters. The first-order valence-electron chi connectivity index (χ1n) is 6.46. The Morgan fingerprint density at radius 2 is 2.28 bits per heavy atom. The number of benzene rings is 1. The number of nitrogens with zero attached hydrogens (tertiary/aromatic N) is 1. The van der Waals surface area contributed by atoms with Crippen LogP contribution in [0.4, 0.5) is 0 Å². The van der Waals surface area contributed by atoms with E-state index in [1.165, 1.54) is 5.56 Å². The Kier molecular flexibility index (Phi) is 4.78. The molecule has 0 saturated carbocycles. The summed E-state index contributed by atoms with van der Waals surface area (Å²) >= 11 is 3.54. The van der Waals surface area contributed by atoms with Crippen LogP contribution < -0.4 is 5.73 Å². The van der Waals surface area contributed by atoms with Gasteiger partial charge in [-0.25, -0.2) is 0 Å². The highest BCUT2D eigenvalue weighted by Crippen LogP contribution is 2.32. The summed E-state index contributed by atoms with van der Waals surface area (Å²) in [6.07, 6.45) is 0.0791. The Bertz CT molecular complexity index is 397. The SMILES string of the molecule is CC(C)N1CCOC(CN)C1c1cccc(Br)c1. The average Bonchev–Trinajstić information content (AvgIpc) is 2.37. The third-order valence-electron chi connectivity index (χ3n) is 3.48. The van der Waals surface area contributed by atoms with Crippen molar-refractivity contribution >= 4 is 15.9 Å². The Morgan fingerprint density at radius 1 is 1.50 bits per heavy atom. The van der Waals surface area contributed by atoms with Crippen molar-refractivity contribution in [3.8, 4) is 0 Å². The molecule has 0 aliphatic carbocycles. The molecule has 1 heterocycles. The lowest BCUT2D eigenvalue weighted by Crippen LogP contribution is -2.50. The van der Waals surface area contributed by atoms with E-state index in [0.29, 0.717) is 12.6 Å². The van der Waals surface area contributed by atoms with E-state index in [1.54, 1.807) is 0 Å². The first-order valence-corrected chi connectivity index (χ1v) is 7.25. The second kappa shape index (κ2) is 6.15. The summed E-state index contributed by atoms with van der Waals surface area (Å²) in [6, 6.07) is 9.18. The molecule has 3 nitrogen and oxygen atoms in total. The first kappa shape index (κ1) is 14.0. The van der Waals surface area contributed by atoms with E-state index >= 15 is 0 Å². The molecule has 1 fully saturated rings. The number of ether oxygens (including phenoxy) is 1. The second-order valence-electron chi connectivity index (χ2n) is 4.98. The van der Waals surface area contributed by atoms with Crippen LogP contribution in [0, 0.1) is 0 Å². The summed E-state index contributed by atoms with van der Waals surface area (Å²) < 4.78 is 6.93. The normalized spacial score (nSPS) is 25.6. The number of hydrogen-bond acceptors (Lipinski definition) is 3. The van der Waals surface area contributed by atoms with Crippen LogP contribution in [0.3, 0.4) is 0 Å². The van der Waals surface area contributed by atoms with Crippen LogP contribution in [0.1, 0.15) is 25.5 Å². The summed E-state index contributed by atoms with van der Waals surface area (Å²) in [5.74, 6) is 0. The third-order valence-corrected chi connectivity index (χ3v) is 3.97. The zero-order valence-electron chi connectivity index (χ0n) is 11.0. The number of hydrogen-bond donors (Lipinski definition) is 1. The molecule has 1 aromatic rings. The van der Waals surface area contributed by atoms with Gasteiger partial charge in [-0.05, 0) is 31.5 Å². The molecule has 0 radical (unpaired) electrons. The zero-order valence-corrected chi connectivity index (χ0v) is 12.6. The molecule has 4 heteroatoms. The monoisotopic (exact) mass is 312 g/mol. The molecule has 1 aliphatic heterocycles. The lowest BCUT2D eigenvalue weighted by Gasteiger charge is -2.43. The van der Waals surface area contributed by atoms with Gasteiger partial charge in [-0.15, -0.1) is 0 Å². The van der Waals surface area contributed by atoms with Gasteiger partial charge in [0.05, 0.1) is 18.8 Å². The number of nitrogens with two attached hydrogens (primary N) is 1. The molecule has 0 aromatic heterocycles. The molecule has 2 N–H and O–H groups in total. The van der Waals surface area contributed by atoms with Crippen molar-refractivity contribution in [1.29, 1.82) is 0 Å². The molecule has 100 valence electrons. The number of morpholine rings is 1. The maximum absolute atomic E-state index is 5.87. The predicted octanol–water partition coefficient (Wildman–Crippen LogP) is 2.56. The van der Waals surface area contributed by atoms with Gasteiger partial charge in [0, 0.05) is 23.6 Å². The van der Waals surface area contributed by atoms with Gasteiger partial charge in [0.15, 0.2) is 0 Å². The van der Waals surface area contributed by atoms with Crippen molar-refractivity contribution in [3.63, 3.8) is 0 Å². The van der Waals surface area contributed by atoms with E-state index in [2.05, 4.69) is 52.9 Å². The molecule has 18 heavy (non-hydrogen) atoms. The van der Waals surface area contributed by atoms with Gasteiger partial charge in [-0.3, -0.25) is 4.90 Å². The summed E-state index contributed by atoms with van der Waals surface area (Å²) in [6.45, 7) is 6.74. The minimum Gasteiger partial charge on any atom is -0.374 e. The van der Waals surface area contributed by atoms with E-state index < -0.39 is 0 Å². The van der Waals surface area contributed by atoms with E-state index in [4.69, 9.17) is 10.5 Å². The van der Waals surface area contributed by atoms with Crippen LogP contribution in [0.2, 0.25) is 0 Å². The van der Waals surface area contributed by atoms with Crippen LogP contribution in [0.25, 0.3) is 0 Å². The van der Waals surface area contributed by atoms with E-state index in [-0.39, 0.29) is 12.1 Å². The van der Waals surface area contributed by atoms with Gasteiger partial charge in [0.2, 0.25) is 0 Å². The maximum atomic E-state index is 5.87. The molecule has 1 aromatic carbocycles. The van der Waals surface area contributed by atoms with Crippen molar-refractivity contribution in [2.45, 2.75) is 32.0 Å². The number of rotatable bonds is 3. The molecular weight excluding hydrogens is 292 g/mol. The average molecular weight is 313 g/mol. The topological polar surface area (TPSA) is 38.5 Å². The van der Waals surface area contributed by atoms with Gasteiger partial charge in [-0.2, -0.15) is 0 Å². The molecule has 2 unspecified atom stereocenters. The maximum Gasteiger partial charge on any atom is 0.0894 e. The fraction of sp³-hybridized carbons (Fsp3) is 0.571. The number of halogens is 1. The lowest BCUT2D eigenvalue weighted by molar-refractivity contribution is -0.0789. The Labute approximate surface area is 117 Å². The molecule has 0 bridgehead atoms. The fourth-order valence-electron chi connectivity index (χ4n) is 2.63. The smallest absolute Gasteiger partial charge is 0.0894 e. The Hall–Kier alpha value is -0.420. The highest BCUT2D eigenvalue weighted by Gasteiger charge is 2.34. The molecule has 1 saturated heterocycles. The minimum absolute atomic E-state index is 0.0791. The summed E-state index contributed by atoms with van der Waals surface area (Å²) in [5.41, 5.74) is 7.14. The van der Waals surface area contributed by atoms with Crippen molar-refractivity contribution < 1.29 is 4.74 Å². The molecule has 0 amide bonds. The van der Waals surface area contributed by atoms with Crippen LogP contribution in [-0.4, -0.2) is 36.7 Å². The van der Waals surface area contributed by atoms with Gasteiger partial charge in [0.25, 0.3) is 0 Å². The summed E-state index contributed by atoms with van der Waals surface area (Å²) in [7, 11) is 0. The lowest BCUT2D eigenvalue weighted by atomic mass is 9.97. The predicted molar refractivity (Wildman–Crippen MR) is 77.5 cm³/mol. The van der Waals surface area contributed by atoms with E-state index in [9.17, 15) is 0 Å². The van der Waals surface area contributed by atoms with Crippen LogP contribution >= 0.6 is 15.9 Å². The van der Waals surface area contributed by atoms with Crippen molar-refractivity contribution in [1.82, 2.24) is 4.90 Å². The van der Waals surface area contributed by atoms with Crippen LogP contribution in [-0.2, 0) is 4.74 Å². The van der Waals surface area contributed by atoms with Crippen LogP contribution in [0.15, 0.2) is 28.7 Å². The van der Waals surface area contributed by atoms with Crippen molar-refractivity contribution in [2.24, 2.45) is 5.73 Å². The highest BCUT2D eigenvalue weighted by molar-refractivity contribution is 9.10. The Morgan fingerprint density at radius 3 is 2.89 bits per heavy atom. The molecular formula is C14H21BrN2O. The van der Waals surface area contributed by atoms with Crippen molar-refractivity contribution in [3.05, 3.63) is 34.3 Å². The molecule has 0 spiro atoms. The summed E-state index contributed by atoms with van der Waals surface area (Å²) in [4.78, 5) is 2.48. The van der Waals surface area contributed by atoms with E-state index in [0.717, 1.165) is 17.6 Å². The fourth-order valence-corrected chi connectivity index (χ4v) is 3.04. The largest absolute Gasteiger partial charge is 0.374 e.